The van der Waals surface area contributed by atoms with Gasteiger partial charge in [-0.2, -0.15) is 0 Å². The summed E-state index contributed by atoms with van der Waals surface area (Å²) in [5, 5.41) is 9.56. The lowest BCUT2D eigenvalue weighted by Crippen LogP contribution is -2.40. The SMILES string of the molecule is Cc1cc(Cl)cc(C(=O)N2CCC[C@H]2C(=O)O)c1. The minimum absolute atomic E-state index is 0.259. The summed E-state index contributed by atoms with van der Waals surface area (Å²) in [6.07, 6.45) is 1.24. The molecule has 4 nitrogen and oxygen atoms in total. The van der Waals surface area contributed by atoms with Crippen LogP contribution in [0, 0.1) is 6.92 Å². The molecule has 0 saturated carbocycles. The summed E-state index contributed by atoms with van der Waals surface area (Å²) in [6, 6.07) is 4.35. The molecule has 2 rings (SSSR count). The Kier molecular flexibility index (Phi) is 3.57. The van der Waals surface area contributed by atoms with Crippen LogP contribution in [0.25, 0.3) is 0 Å². The van der Waals surface area contributed by atoms with Gasteiger partial charge in [-0.25, -0.2) is 4.79 Å². The monoisotopic (exact) mass is 267 g/mol. The molecular weight excluding hydrogens is 254 g/mol. The summed E-state index contributed by atoms with van der Waals surface area (Å²) in [7, 11) is 0. The third-order valence-corrected chi connectivity index (χ3v) is 3.31. The maximum Gasteiger partial charge on any atom is 0.326 e. The van der Waals surface area contributed by atoms with E-state index in [-0.39, 0.29) is 5.91 Å². The van der Waals surface area contributed by atoms with Crippen molar-refractivity contribution in [3.05, 3.63) is 34.3 Å². The van der Waals surface area contributed by atoms with Crippen molar-refractivity contribution in [3.8, 4) is 0 Å². The summed E-state index contributed by atoms with van der Waals surface area (Å²) < 4.78 is 0. The number of hydrogen-bond acceptors (Lipinski definition) is 2. The normalized spacial score (nSPS) is 19.0. The van der Waals surface area contributed by atoms with Crippen molar-refractivity contribution < 1.29 is 14.7 Å². The van der Waals surface area contributed by atoms with E-state index in [1.807, 2.05) is 6.92 Å². The van der Waals surface area contributed by atoms with Crippen LogP contribution in [0.4, 0.5) is 0 Å². The number of likely N-dealkylation sites (tertiary alicyclic amines) is 1. The molecule has 1 aromatic rings. The molecule has 96 valence electrons. The number of carbonyl (C=O) groups excluding carboxylic acids is 1. The van der Waals surface area contributed by atoms with E-state index in [4.69, 9.17) is 16.7 Å². The van der Waals surface area contributed by atoms with Crippen LogP contribution in [0.2, 0.25) is 5.02 Å². The minimum Gasteiger partial charge on any atom is -0.480 e. The molecule has 1 amide bonds. The third-order valence-electron chi connectivity index (χ3n) is 3.09. The maximum atomic E-state index is 12.3. The van der Waals surface area contributed by atoms with E-state index in [0.29, 0.717) is 23.6 Å². The largest absolute Gasteiger partial charge is 0.480 e. The highest BCUT2D eigenvalue weighted by atomic mass is 35.5. The fraction of sp³-hybridized carbons (Fsp3) is 0.385. The van der Waals surface area contributed by atoms with Gasteiger partial charge in [-0.1, -0.05) is 11.6 Å². The van der Waals surface area contributed by atoms with Gasteiger partial charge in [-0.3, -0.25) is 4.79 Å². The second-order valence-corrected chi connectivity index (χ2v) is 4.95. The first-order chi connectivity index (χ1) is 8.49. The van der Waals surface area contributed by atoms with Gasteiger partial charge in [0.25, 0.3) is 5.91 Å². The third kappa shape index (κ3) is 2.48. The number of carboxylic acids is 1. The lowest BCUT2D eigenvalue weighted by Gasteiger charge is -2.21. The zero-order valence-corrected chi connectivity index (χ0v) is 10.8. The minimum atomic E-state index is -0.945. The molecule has 18 heavy (non-hydrogen) atoms. The number of carboxylic acid groups (broad SMARTS) is 1. The van der Waals surface area contributed by atoms with Crippen LogP contribution < -0.4 is 0 Å². The molecule has 1 saturated heterocycles. The number of carbonyl (C=O) groups is 2. The van der Waals surface area contributed by atoms with E-state index in [1.165, 1.54) is 4.90 Å². The zero-order valence-electron chi connectivity index (χ0n) is 10.0. The van der Waals surface area contributed by atoms with Crippen LogP contribution >= 0.6 is 11.6 Å². The van der Waals surface area contributed by atoms with Gasteiger partial charge in [0.15, 0.2) is 0 Å². The molecule has 0 aromatic heterocycles. The molecule has 5 heteroatoms. The molecular formula is C13H14ClNO3. The van der Waals surface area contributed by atoms with Crippen LogP contribution in [-0.4, -0.2) is 34.5 Å². The van der Waals surface area contributed by atoms with E-state index < -0.39 is 12.0 Å². The summed E-state index contributed by atoms with van der Waals surface area (Å²) in [4.78, 5) is 24.7. The number of halogens is 1. The Labute approximate surface area is 110 Å². The van der Waals surface area contributed by atoms with Gasteiger partial charge in [0, 0.05) is 17.1 Å². The second-order valence-electron chi connectivity index (χ2n) is 4.51. The highest BCUT2D eigenvalue weighted by Gasteiger charge is 2.34. The Bertz CT molecular complexity index is 481. The summed E-state index contributed by atoms with van der Waals surface area (Å²) in [5.41, 5.74) is 1.34. The van der Waals surface area contributed by atoms with Gasteiger partial charge < -0.3 is 10.0 Å². The highest BCUT2D eigenvalue weighted by Crippen LogP contribution is 2.22. The maximum absolute atomic E-state index is 12.3. The fourth-order valence-corrected chi connectivity index (χ4v) is 2.58. The molecule has 0 aliphatic carbocycles. The molecule has 1 aliphatic rings. The number of rotatable bonds is 2. The number of nitrogens with zero attached hydrogens (tertiary/aromatic N) is 1. The van der Waals surface area contributed by atoms with E-state index >= 15 is 0 Å². The summed E-state index contributed by atoms with van der Waals surface area (Å²) >= 11 is 5.91. The second kappa shape index (κ2) is 4.98. The molecule has 1 fully saturated rings. The molecule has 0 spiro atoms. The number of amides is 1. The lowest BCUT2D eigenvalue weighted by molar-refractivity contribution is -0.141. The van der Waals surface area contributed by atoms with Crippen molar-refractivity contribution in [1.82, 2.24) is 4.90 Å². The molecule has 1 heterocycles. The smallest absolute Gasteiger partial charge is 0.326 e. The van der Waals surface area contributed by atoms with E-state index in [1.54, 1.807) is 18.2 Å². The lowest BCUT2D eigenvalue weighted by atomic mass is 10.1. The van der Waals surface area contributed by atoms with Crippen LogP contribution in [-0.2, 0) is 4.79 Å². The Morgan fingerprint density at radius 3 is 2.72 bits per heavy atom. The predicted octanol–water partition coefficient (Wildman–Crippen LogP) is 2.34. The first-order valence-corrected chi connectivity index (χ1v) is 6.18. The Morgan fingerprint density at radius 1 is 1.39 bits per heavy atom. The first kappa shape index (κ1) is 12.9. The van der Waals surface area contributed by atoms with Crippen molar-refractivity contribution in [2.75, 3.05) is 6.54 Å². The molecule has 1 aromatic carbocycles. The first-order valence-electron chi connectivity index (χ1n) is 5.80. The predicted molar refractivity (Wildman–Crippen MR) is 67.9 cm³/mol. The van der Waals surface area contributed by atoms with Gasteiger partial charge in [-0.15, -0.1) is 0 Å². The fourth-order valence-electron chi connectivity index (χ4n) is 2.29. The number of hydrogen-bond donors (Lipinski definition) is 1. The van der Waals surface area contributed by atoms with Crippen molar-refractivity contribution in [2.45, 2.75) is 25.8 Å². The van der Waals surface area contributed by atoms with Crippen molar-refractivity contribution in [1.29, 1.82) is 0 Å². The molecule has 0 unspecified atom stereocenters. The van der Waals surface area contributed by atoms with Crippen LogP contribution in [0.5, 0.6) is 0 Å². The van der Waals surface area contributed by atoms with Crippen molar-refractivity contribution >= 4 is 23.5 Å². The number of aryl methyl sites for hydroxylation is 1. The Hall–Kier alpha value is -1.55. The Morgan fingerprint density at radius 2 is 2.11 bits per heavy atom. The van der Waals surface area contributed by atoms with E-state index in [9.17, 15) is 9.59 Å². The summed E-state index contributed by atoms with van der Waals surface area (Å²) in [5.74, 6) is -1.20. The van der Waals surface area contributed by atoms with Crippen molar-refractivity contribution in [3.63, 3.8) is 0 Å². The van der Waals surface area contributed by atoms with Crippen LogP contribution in [0.1, 0.15) is 28.8 Å². The van der Waals surface area contributed by atoms with E-state index in [0.717, 1.165) is 12.0 Å². The molecule has 0 bridgehead atoms. The molecule has 0 radical (unpaired) electrons. The van der Waals surface area contributed by atoms with Gasteiger partial charge in [0.2, 0.25) is 0 Å². The zero-order chi connectivity index (χ0) is 13.3. The molecule has 1 N–H and O–H groups in total. The molecule has 1 aliphatic heterocycles. The van der Waals surface area contributed by atoms with Crippen LogP contribution in [0.3, 0.4) is 0 Å². The van der Waals surface area contributed by atoms with Crippen LogP contribution in [0.15, 0.2) is 18.2 Å². The topological polar surface area (TPSA) is 57.6 Å². The van der Waals surface area contributed by atoms with Crippen molar-refractivity contribution in [2.24, 2.45) is 0 Å². The average molecular weight is 268 g/mol. The van der Waals surface area contributed by atoms with Gasteiger partial charge in [0.05, 0.1) is 0 Å². The number of benzene rings is 1. The quantitative estimate of drug-likeness (QED) is 0.895. The standard InChI is InChI=1S/C13H14ClNO3/c1-8-5-9(7-10(14)6-8)12(16)15-4-2-3-11(15)13(17)18/h5-7,11H,2-4H2,1H3,(H,17,18)/t11-/m0/s1. The van der Waals surface area contributed by atoms with Gasteiger partial charge in [-0.05, 0) is 43.5 Å². The van der Waals surface area contributed by atoms with E-state index in [2.05, 4.69) is 0 Å². The number of aliphatic carboxylic acids is 1. The summed E-state index contributed by atoms with van der Waals surface area (Å²) in [6.45, 7) is 2.34. The van der Waals surface area contributed by atoms with Gasteiger partial charge in [0.1, 0.15) is 6.04 Å². The van der Waals surface area contributed by atoms with Gasteiger partial charge >= 0.3 is 5.97 Å². The highest BCUT2D eigenvalue weighted by molar-refractivity contribution is 6.31. The average Bonchev–Trinajstić information content (AvgIpc) is 2.75. The molecule has 1 atom stereocenters. The Balaban J connectivity index is 2.28.